The molecule has 0 atom stereocenters. The third kappa shape index (κ3) is 5.76. The Morgan fingerprint density at radius 2 is 2.00 bits per heavy atom. The summed E-state index contributed by atoms with van der Waals surface area (Å²) in [5, 5.41) is 2.77. The first-order valence-electron chi connectivity index (χ1n) is 6.64. The molecule has 0 fully saturated rings. The van der Waals surface area contributed by atoms with Crippen molar-refractivity contribution in [1.29, 1.82) is 0 Å². The monoisotopic (exact) mass is 376 g/mol. The van der Waals surface area contributed by atoms with E-state index in [1.807, 2.05) is 19.1 Å². The number of carbonyl (C=O) groups excluding carboxylic acids is 1. The van der Waals surface area contributed by atoms with Gasteiger partial charge >= 0.3 is 0 Å². The molecule has 0 unspecified atom stereocenters. The van der Waals surface area contributed by atoms with Crippen molar-refractivity contribution < 1.29 is 13.2 Å². The van der Waals surface area contributed by atoms with Gasteiger partial charge in [0.05, 0.1) is 6.26 Å². The van der Waals surface area contributed by atoms with Crippen molar-refractivity contribution in [2.24, 2.45) is 0 Å². The highest BCUT2D eigenvalue weighted by Gasteiger charge is 2.20. The molecule has 0 aliphatic rings. The quantitative estimate of drug-likeness (QED) is 0.829. The van der Waals surface area contributed by atoms with E-state index in [2.05, 4.69) is 21.2 Å². The highest BCUT2D eigenvalue weighted by Crippen LogP contribution is 2.20. The van der Waals surface area contributed by atoms with Gasteiger partial charge in [0.15, 0.2) is 0 Å². The predicted octanol–water partition coefficient (Wildman–Crippen LogP) is 2.76. The summed E-state index contributed by atoms with van der Waals surface area (Å²) in [5.41, 5.74) is 1.73. The van der Waals surface area contributed by atoms with Crippen molar-refractivity contribution in [3.63, 3.8) is 0 Å². The zero-order chi connectivity index (χ0) is 16.2. The molecule has 1 aromatic rings. The predicted molar refractivity (Wildman–Crippen MR) is 88.8 cm³/mol. The minimum Gasteiger partial charge on any atom is -0.326 e. The summed E-state index contributed by atoms with van der Waals surface area (Å²) < 4.78 is 25.5. The lowest BCUT2D eigenvalue weighted by atomic mass is 10.2. The van der Waals surface area contributed by atoms with E-state index in [0.717, 1.165) is 16.3 Å². The largest absolute Gasteiger partial charge is 0.326 e. The van der Waals surface area contributed by atoms with Crippen molar-refractivity contribution in [3.05, 3.63) is 28.2 Å². The number of nitrogens with one attached hydrogen (secondary N) is 1. The van der Waals surface area contributed by atoms with Gasteiger partial charge in [0.2, 0.25) is 15.9 Å². The Labute approximate surface area is 134 Å². The number of benzene rings is 1. The molecule has 5 nitrogen and oxygen atoms in total. The Morgan fingerprint density at radius 3 is 2.48 bits per heavy atom. The molecule has 0 aromatic heterocycles. The minimum atomic E-state index is -3.30. The van der Waals surface area contributed by atoms with Gasteiger partial charge in [0, 0.05) is 29.2 Å². The second-order valence-corrected chi connectivity index (χ2v) is 8.02. The van der Waals surface area contributed by atoms with E-state index in [1.54, 1.807) is 19.9 Å². The lowest BCUT2D eigenvalue weighted by Crippen LogP contribution is -2.38. The summed E-state index contributed by atoms with van der Waals surface area (Å²) in [6.07, 6.45) is 1.28. The Kier molecular flexibility index (Phi) is 6.37. The molecule has 0 radical (unpaired) electrons. The number of anilines is 1. The molecule has 0 spiro atoms. The molecule has 0 aliphatic carbocycles. The lowest BCUT2D eigenvalue weighted by Gasteiger charge is -2.23. The third-order valence-electron chi connectivity index (χ3n) is 3.00. The molecule has 0 aliphatic heterocycles. The average Bonchev–Trinajstić information content (AvgIpc) is 2.32. The van der Waals surface area contributed by atoms with Gasteiger partial charge in [0.25, 0.3) is 0 Å². The molecule has 1 N–H and O–H groups in total. The molecule has 0 bridgehead atoms. The van der Waals surface area contributed by atoms with E-state index in [9.17, 15) is 13.2 Å². The van der Waals surface area contributed by atoms with Crippen LogP contribution in [0.1, 0.15) is 25.8 Å². The molecular weight excluding hydrogens is 356 g/mol. The number of rotatable bonds is 6. The van der Waals surface area contributed by atoms with Crippen LogP contribution in [0.15, 0.2) is 22.7 Å². The summed E-state index contributed by atoms with van der Waals surface area (Å²) >= 11 is 3.40. The fourth-order valence-electron chi connectivity index (χ4n) is 1.96. The fourth-order valence-corrected chi connectivity index (χ4v) is 3.40. The summed E-state index contributed by atoms with van der Waals surface area (Å²) in [6, 6.07) is 5.36. The summed E-state index contributed by atoms with van der Waals surface area (Å²) in [7, 11) is -3.30. The first-order valence-corrected chi connectivity index (χ1v) is 9.28. The molecule has 7 heteroatoms. The Bertz CT molecular complexity index is 615. The molecule has 0 saturated heterocycles. The standard InChI is InChI=1S/C14H21BrN2O3S/c1-10(2)17(21(4,19)20)8-7-14(18)16-12-5-6-13(15)11(3)9-12/h5-6,9-10H,7-8H2,1-4H3,(H,16,18). The highest BCUT2D eigenvalue weighted by atomic mass is 79.9. The van der Waals surface area contributed by atoms with Crippen LogP contribution >= 0.6 is 15.9 Å². The molecule has 0 saturated carbocycles. The minimum absolute atomic E-state index is 0.125. The number of amides is 1. The molecule has 1 amide bonds. The number of aryl methyl sites for hydroxylation is 1. The van der Waals surface area contributed by atoms with Crippen LogP contribution in [0, 0.1) is 6.92 Å². The van der Waals surface area contributed by atoms with E-state index in [-0.39, 0.29) is 24.9 Å². The maximum Gasteiger partial charge on any atom is 0.225 e. The van der Waals surface area contributed by atoms with Crippen molar-refractivity contribution in [3.8, 4) is 0 Å². The summed E-state index contributed by atoms with van der Waals surface area (Å²) in [6.45, 7) is 5.69. The van der Waals surface area contributed by atoms with Crippen molar-refractivity contribution in [2.45, 2.75) is 33.2 Å². The number of sulfonamides is 1. The van der Waals surface area contributed by atoms with Crippen LogP contribution < -0.4 is 5.32 Å². The van der Waals surface area contributed by atoms with Crippen LogP contribution in [0.2, 0.25) is 0 Å². The second kappa shape index (κ2) is 7.38. The van der Waals surface area contributed by atoms with E-state index < -0.39 is 10.0 Å². The van der Waals surface area contributed by atoms with Gasteiger partial charge in [-0.3, -0.25) is 4.79 Å². The van der Waals surface area contributed by atoms with Crippen molar-refractivity contribution >= 4 is 37.5 Å². The van der Waals surface area contributed by atoms with E-state index in [1.165, 1.54) is 4.31 Å². The lowest BCUT2D eigenvalue weighted by molar-refractivity contribution is -0.116. The zero-order valence-corrected chi connectivity index (χ0v) is 15.1. The first-order chi connectivity index (χ1) is 9.61. The number of hydrogen-bond donors (Lipinski definition) is 1. The smallest absolute Gasteiger partial charge is 0.225 e. The van der Waals surface area contributed by atoms with E-state index in [0.29, 0.717) is 5.69 Å². The normalized spacial score (nSPS) is 12.0. The Balaban J connectivity index is 2.63. The van der Waals surface area contributed by atoms with Crippen LogP contribution in [0.5, 0.6) is 0 Å². The maximum atomic E-state index is 11.9. The van der Waals surface area contributed by atoms with Crippen LogP contribution in [0.3, 0.4) is 0 Å². The van der Waals surface area contributed by atoms with Crippen LogP contribution in [0.25, 0.3) is 0 Å². The van der Waals surface area contributed by atoms with Crippen molar-refractivity contribution in [2.75, 3.05) is 18.1 Å². The van der Waals surface area contributed by atoms with Crippen LogP contribution in [-0.4, -0.2) is 37.5 Å². The van der Waals surface area contributed by atoms with E-state index in [4.69, 9.17) is 0 Å². The number of hydrogen-bond acceptors (Lipinski definition) is 3. The Hall–Kier alpha value is -0.920. The second-order valence-electron chi connectivity index (χ2n) is 5.23. The van der Waals surface area contributed by atoms with Gasteiger partial charge in [-0.15, -0.1) is 0 Å². The SMILES string of the molecule is Cc1cc(NC(=O)CCN(C(C)C)S(C)(=O)=O)ccc1Br. The Morgan fingerprint density at radius 1 is 1.38 bits per heavy atom. The van der Waals surface area contributed by atoms with Crippen LogP contribution in [0.4, 0.5) is 5.69 Å². The van der Waals surface area contributed by atoms with E-state index >= 15 is 0 Å². The maximum absolute atomic E-state index is 11.9. The first kappa shape index (κ1) is 18.1. The van der Waals surface area contributed by atoms with Gasteiger partial charge in [-0.2, -0.15) is 4.31 Å². The molecule has 118 valence electrons. The number of nitrogens with zero attached hydrogens (tertiary/aromatic N) is 1. The molecular formula is C14H21BrN2O3S. The van der Waals surface area contributed by atoms with Gasteiger partial charge in [0.1, 0.15) is 0 Å². The van der Waals surface area contributed by atoms with Crippen LogP contribution in [-0.2, 0) is 14.8 Å². The summed E-state index contributed by atoms with van der Waals surface area (Å²) in [4.78, 5) is 11.9. The molecule has 0 heterocycles. The molecule has 1 rings (SSSR count). The van der Waals surface area contributed by atoms with Crippen molar-refractivity contribution in [1.82, 2.24) is 4.31 Å². The van der Waals surface area contributed by atoms with Gasteiger partial charge in [-0.25, -0.2) is 8.42 Å². The molecule has 1 aromatic carbocycles. The fraction of sp³-hybridized carbons (Fsp3) is 0.500. The van der Waals surface area contributed by atoms with Gasteiger partial charge < -0.3 is 5.32 Å². The number of halogens is 1. The van der Waals surface area contributed by atoms with Gasteiger partial charge in [-0.1, -0.05) is 15.9 Å². The summed E-state index contributed by atoms with van der Waals surface area (Å²) in [5.74, 6) is -0.203. The highest BCUT2D eigenvalue weighted by molar-refractivity contribution is 9.10. The third-order valence-corrected chi connectivity index (χ3v) is 5.35. The topological polar surface area (TPSA) is 66.5 Å². The zero-order valence-electron chi connectivity index (χ0n) is 12.7. The number of carbonyl (C=O) groups is 1. The average molecular weight is 377 g/mol. The van der Waals surface area contributed by atoms with Gasteiger partial charge in [-0.05, 0) is 44.5 Å². The molecule has 21 heavy (non-hydrogen) atoms.